The van der Waals surface area contributed by atoms with E-state index in [1.54, 1.807) is 0 Å². The summed E-state index contributed by atoms with van der Waals surface area (Å²) in [5.74, 6) is 0.741. The maximum atomic E-state index is 6.61. The third-order valence-corrected chi connectivity index (χ3v) is 9.82. The lowest BCUT2D eigenvalue weighted by Crippen LogP contribution is -2.16. The van der Waals surface area contributed by atoms with Crippen molar-refractivity contribution in [3.63, 3.8) is 0 Å². The lowest BCUT2D eigenvalue weighted by Gasteiger charge is -2.34. The van der Waals surface area contributed by atoms with Crippen LogP contribution in [-0.4, -0.2) is 0 Å². The number of allylic oxidation sites excluding steroid dienone is 6. The molecule has 1 unspecified atom stereocenters. The number of nitrogens with two attached hydrogens (primary N) is 1. The molecule has 0 bridgehead atoms. The van der Waals surface area contributed by atoms with Gasteiger partial charge in [0, 0.05) is 23.1 Å². The van der Waals surface area contributed by atoms with Crippen molar-refractivity contribution in [3.05, 3.63) is 216 Å². The maximum absolute atomic E-state index is 6.61. The molecule has 6 aromatic carbocycles. The Morgan fingerprint density at radius 2 is 1.06 bits per heavy atom. The Hall–Kier alpha value is -6.14. The van der Waals surface area contributed by atoms with Crippen LogP contribution in [0.4, 0.5) is 0 Å². The minimum atomic E-state index is 0.359. The highest BCUT2D eigenvalue weighted by Crippen LogP contribution is 2.50. The van der Waals surface area contributed by atoms with Gasteiger partial charge in [-0.15, -0.1) is 5.73 Å². The normalized spacial score (nSPS) is 15.8. The number of hydrogen-bond acceptors (Lipinski definition) is 1. The predicted molar refractivity (Wildman–Crippen MR) is 208 cm³/mol. The topological polar surface area (TPSA) is 26.0 Å². The Morgan fingerprint density at radius 3 is 1.76 bits per heavy atom. The molecule has 2 atom stereocenters. The molecule has 0 spiro atoms. The van der Waals surface area contributed by atoms with E-state index < -0.39 is 0 Å². The van der Waals surface area contributed by atoms with Gasteiger partial charge in [-0.2, -0.15) is 0 Å². The molecule has 49 heavy (non-hydrogen) atoms. The highest BCUT2D eigenvalue weighted by Gasteiger charge is 2.31. The fourth-order valence-corrected chi connectivity index (χ4v) is 7.34. The van der Waals surface area contributed by atoms with Crippen LogP contribution in [0.2, 0.25) is 0 Å². The van der Waals surface area contributed by atoms with Crippen LogP contribution in [0.1, 0.15) is 46.6 Å². The van der Waals surface area contributed by atoms with E-state index in [9.17, 15) is 0 Å². The Kier molecular flexibility index (Phi) is 8.12. The summed E-state index contributed by atoms with van der Waals surface area (Å²) in [5, 5.41) is 0. The molecule has 0 heterocycles. The van der Waals surface area contributed by atoms with E-state index in [4.69, 9.17) is 5.73 Å². The van der Waals surface area contributed by atoms with Crippen LogP contribution >= 0.6 is 0 Å². The van der Waals surface area contributed by atoms with E-state index >= 15 is 0 Å². The summed E-state index contributed by atoms with van der Waals surface area (Å²) in [6.45, 7) is 2.13. The summed E-state index contributed by atoms with van der Waals surface area (Å²) in [5.41, 5.74) is 26.5. The second-order valence-corrected chi connectivity index (χ2v) is 12.8. The van der Waals surface area contributed by atoms with Gasteiger partial charge in [0.25, 0.3) is 0 Å². The van der Waals surface area contributed by atoms with Gasteiger partial charge in [-0.3, -0.25) is 0 Å². The van der Waals surface area contributed by atoms with Gasteiger partial charge in [-0.25, -0.2) is 0 Å². The van der Waals surface area contributed by atoms with Crippen molar-refractivity contribution < 1.29 is 0 Å². The zero-order chi connectivity index (χ0) is 33.2. The van der Waals surface area contributed by atoms with Gasteiger partial charge in [0.05, 0.1) is 0 Å². The predicted octanol–water partition coefficient (Wildman–Crippen LogP) is 12.1. The lowest BCUT2D eigenvalue weighted by molar-refractivity contribution is 0.720. The molecule has 0 radical (unpaired) electrons. The third kappa shape index (κ3) is 5.93. The average Bonchev–Trinajstić information content (AvgIpc) is 3.18. The first-order valence-corrected chi connectivity index (χ1v) is 17.0. The molecule has 0 saturated carbocycles. The summed E-state index contributed by atoms with van der Waals surface area (Å²) >= 11 is 0. The Bertz CT molecular complexity index is 2330. The smallest absolute Gasteiger partial charge is 0.0400 e. The van der Waals surface area contributed by atoms with Gasteiger partial charge in [0.1, 0.15) is 0 Å². The van der Waals surface area contributed by atoms with Gasteiger partial charge in [0.15, 0.2) is 0 Å². The molecule has 8 rings (SSSR count). The molecule has 2 N–H and O–H groups in total. The molecule has 0 fully saturated rings. The largest absolute Gasteiger partial charge is 0.398 e. The Labute approximate surface area is 289 Å². The molecule has 0 aromatic heterocycles. The minimum Gasteiger partial charge on any atom is -0.398 e. The zero-order valence-electron chi connectivity index (χ0n) is 27.6. The molecule has 1 nitrogen and oxygen atoms in total. The van der Waals surface area contributed by atoms with Crippen LogP contribution < -0.4 is 5.73 Å². The van der Waals surface area contributed by atoms with E-state index in [0.717, 1.165) is 27.8 Å². The van der Waals surface area contributed by atoms with Crippen molar-refractivity contribution >= 4 is 16.8 Å². The summed E-state index contributed by atoms with van der Waals surface area (Å²) in [6, 6.07) is 54.0. The monoisotopic (exact) mass is 627 g/mol. The molecule has 2 aliphatic carbocycles. The van der Waals surface area contributed by atoms with Crippen LogP contribution in [0.25, 0.3) is 50.2 Å². The molecule has 6 aromatic rings. The molecular formula is C48H37N. The highest BCUT2D eigenvalue weighted by molar-refractivity contribution is 5.90. The molecule has 2 aliphatic rings. The molecular weight excluding hydrogens is 591 g/mol. The second kappa shape index (κ2) is 13.2. The van der Waals surface area contributed by atoms with Crippen molar-refractivity contribution in [2.45, 2.75) is 18.8 Å². The maximum Gasteiger partial charge on any atom is 0.0400 e. The number of rotatable bonds is 6. The lowest BCUT2D eigenvalue weighted by atomic mass is 9.69. The van der Waals surface area contributed by atoms with Crippen molar-refractivity contribution in [2.75, 3.05) is 0 Å². The molecule has 0 saturated heterocycles. The fraction of sp³-hybridized carbons (Fsp3) is 0.0625. The zero-order valence-corrected chi connectivity index (χ0v) is 27.6. The van der Waals surface area contributed by atoms with Gasteiger partial charge < -0.3 is 5.73 Å². The van der Waals surface area contributed by atoms with E-state index in [-0.39, 0.29) is 0 Å². The van der Waals surface area contributed by atoms with Crippen LogP contribution in [0.3, 0.4) is 0 Å². The third-order valence-electron chi connectivity index (χ3n) is 9.82. The molecule has 1 heteroatoms. The molecule has 0 aliphatic heterocycles. The van der Waals surface area contributed by atoms with Crippen molar-refractivity contribution in [3.8, 4) is 33.4 Å². The van der Waals surface area contributed by atoms with Crippen molar-refractivity contribution in [1.82, 2.24) is 0 Å². The first kappa shape index (κ1) is 30.2. The fourth-order valence-electron chi connectivity index (χ4n) is 7.34. The van der Waals surface area contributed by atoms with Gasteiger partial charge in [-0.1, -0.05) is 164 Å². The Balaban J connectivity index is 1.21. The molecule has 234 valence electrons. The van der Waals surface area contributed by atoms with Crippen LogP contribution in [-0.2, 0) is 0 Å². The van der Waals surface area contributed by atoms with Gasteiger partial charge >= 0.3 is 0 Å². The van der Waals surface area contributed by atoms with E-state index in [1.807, 2.05) is 42.5 Å². The van der Waals surface area contributed by atoms with Crippen molar-refractivity contribution in [2.24, 2.45) is 5.73 Å². The standard InChI is InChI=1S/C48H37N/c1-33(29-39(34-15-4-2-5-16-34)32-48(49)35-17-6-3-7-18-35)36-19-14-20-37(30-36)40-21-8-9-22-41(40)38-27-28-46-44-25-11-10-23-42(44)43-24-12-13-26-45(43)47(46)31-38/h2-28,30-32,42,44H,49H2,1H3/b48-32-/t29?,42?,44-/m1/s1. The number of hydrogen-bond donors (Lipinski definition) is 1. The van der Waals surface area contributed by atoms with Crippen molar-refractivity contribution in [1.29, 1.82) is 0 Å². The SMILES string of the molecule is CC(=C=C(/C=C(\N)c1ccccc1)c1ccccc1)c1cccc(-c2ccccc2-c2ccc3c(c2)-c2ccccc2C2C=CC=C[C@@H]32)c1. The van der Waals surface area contributed by atoms with Crippen LogP contribution in [0.15, 0.2) is 188 Å². The number of benzene rings is 6. The summed E-state index contributed by atoms with van der Waals surface area (Å²) in [4.78, 5) is 0. The van der Waals surface area contributed by atoms with Crippen LogP contribution in [0, 0.1) is 0 Å². The number of fused-ring (bicyclic) bond motifs is 6. The summed E-state index contributed by atoms with van der Waals surface area (Å²) in [7, 11) is 0. The minimum absolute atomic E-state index is 0.359. The van der Waals surface area contributed by atoms with E-state index in [0.29, 0.717) is 17.5 Å². The van der Waals surface area contributed by atoms with E-state index in [1.165, 1.54) is 44.5 Å². The molecule has 0 amide bonds. The van der Waals surface area contributed by atoms with Gasteiger partial charge in [-0.05, 0) is 91.9 Å². The second-order valence-electron chi connectivity index (χ2n) is 12.8. The Morgan fingerprint density at radius 1 is 0.510 bits per heavy atom. The van der Waals surface area contributed by atoms with Crippen LogP contribution in [0.5, 0.6) is 0 Å². The average molecular weight is 628 g/mol. The first-order chi connectivity index (χ1) is 24.1. The summed E-state index contributed by atoms with van der Waals surface area (Å²) < 4.78 is 0. The van der Waals surface area contributed by atoms with Gasteiger partial charge in [0.2, 0.25) is 0 Å². The first-order valence-electron chi connectivity index (χ1n) is 17.0. The highest BCUT2D eigenvalue weighted by atomic mass is 14.6. The quantitative estimate of drug-likeness (QED) is 0.144. The van der Waals surface area contributed by atoms with E-state index in [2.05, 4.69) is 152 Å². The summed E-state index contributed by atoms with van der Waals surface area (Å²) in [6.07, 6.45) is 11.1.